The van der Waals surface area contributed by atoms with E-state index >= 15 is 0 Å². The van der Waals surface area contributed by atoms with E-state index in [-0.39, 0.29) is 11.4 Å². The van der Waals surface area contributed by atoms with Crippen LogP contribution in [0.15, 0.2) is 21.0 Å². The Kier molecular flexibility index (Phi) is 4.02. The van der Waals surface area contributed by atoms with Crippen LogP contribution in [0.25, 0.3) is 11.0 Å². The van der Waals surface area contributed by atoms with E-state index in [9.17, 15) is 4.39 Å². The predicted molar refractivity (Wildman–Crippen MR) is 79.8 cm³/mol. The van der Waals surface area contributed by atoms with Gasteiger partial charge in [-0.15, -0.1) is 0 Å². The fourth-order valence-corrected chi connectivity index (χ4v) is 2.53. The van der Waals surface area contributed by atoms with Crippen LogP contribution in [-0.4, -0.2) is 5.54 Å². The molecule has 0 unspecified atom stereocenters. The minimum absolute atomic E-state index is 0.00309. The lowest BCUT2D eigenvalue weighted by Crippen LogP contribution is -2.35. The molecule has 0 aliphatic rings. The fraction of sp³-hybridized carbons (Fsp3) is 0.467. The quantitative estimate of drug-likeness (QED) is 0.877. The summed E-state index contributed by atoms with van der Waals surface area (Å²) in [6, 6.07) is 3.35. The van der Waals surface area contributed by atoms with Gasteiger partial charge in [0.2, 0.25) is 0 Å². The number of fused-ring (bicyclic) bond motifs is 1. The van der Waals surface area contributed by atoms with Crippen molar-refractivity contribution in [2.24, 2.45) is 0 Å². The molecule has 0 amide bonds. The Morgan fingerprint density at radius 3 is 2.58 bits per heavy atom. The molecule has 1 aromatic carbocycles. The summed E-state index contributed by atoms with van der Waals surface area (Å²) >= 11 is 3.33. The van der Waals surface area contributed by atoms with Crippen LogP contribution in [0.2, 0.25) is 0 Å². The minimum Gasteiger partial charge on any atom is -0.456 e. The topological polar surface area (TPSA) is 25.2 Å². The lowest BCUT2D eigenvalue weighted by Gasteiger charge is -2.19. The Morgan fingerprint density at radius 1 is 1.32 bits per heavy atom. The number of hydrogen-bond acceptors (Lipinski definition) is 2. The van der Waals surface area contributed by atoms with Crippen LogP contribution in [0.1, 0.15) is 39.0 Å². The second-order valence-corrected chi connectivity index (χ2v) is 6.64. The van der Waals surface area contributed by atoms with Gasteiger partial charge >= 0.3 is 0 Å². The van der Waals surface area contributed by atoms with Gasteiger partial charge in [0.1, 0.15) is 5.76 Å². The Bertz CT molecular complexity index is 598. The number of furan rings is 1. The normalized spacial score (nSPS) is 12.3. The molecule has 2 aromatic rings. The molecule has 0 radical (unpaired) electrons. The van der Waals surface area contributed by atoms with Gasteiger partial charge in [0.05, 0.1) is 6.54 Å². The summed E-state index contributed by atoms with van der Waals surface area (Å²) < 4.78 is 20.4. The number of rotatable bonds is 3. The third kappa shape index (κ3) is 3.18. The Morgan fingerprint density at radius 2 is 2.00 bits per heavy atom. The second-order valence-electron chi connectivity index (χ2n) is 5.73. The number of benzene rings is 1. The molecule has 0 bridgehead atoms. The highest BCUT2D eigenvalue weighted by molar-refractivity contribution is 9.10. The molecular weight excluding hydrogens is 309 g/mol. The van der Waals surface area contributed by atoms with Gasteiger partial charge in [0.15, 0.2) is 11.4 Å². The van der Waals surface area contributed by atoms with E-state index in [1.54, 1.807) is 0 Å². The van der Waals surface area contributed by atoms with E-state index in [1.165, 1.54) is 6.07 Å². The van der Waals surface area contributed by atoms with Gasteiger partial charge in [-0.3, -0.25) is 0 Å². The number of halogens is 2. The lowest BCUT2D eigenvalue weighted by molar-refractivity contribution is 0.391. The third-order valence-electron chi connectivity index (χ3n) is 3.03. The molecule has 0 fully saturated rings. The first-order chi connectivity index (χ1) is 8.81. The molecule has 1 N–H and O–H groups in total. The molecule has 19 heavy (non-hydrogen) atoms. The van der Waals surface area contributed by atoms with Crippen molar-refractivity contribution in [3.05, 3.63) is 33.7 Å². The summed E-state index contributed by atoms with van der Waals surface area (Å²) in [6.45, 7) is 8.96. The monoisotopic (exact) mass is 327 g/mol. The third-order valence-corrected chi connectivity index (χ3v) is 3.49. The van der Waals surface area contributed by atoms with Gasteiger partial charge in [0, 0.05) is 21.0 Å². The molecule has 0 spiro atoms. The van der Waals surface area contributed by atoms with E-state index in [0.29, 0.717) is 12.1 Å². The van der Waals surface area contributed by atoms with Gasteiger partial charge in [-0.25, -0.2) is 4.39 Å². The molecule has 1 aromatic heterocycles. The zero-order valence-electron chi connectivity index (χ0n) is 11.7. The largest absolute Gasteiger partial charge is 0.456 e. The van der Waals surface area contributed by atoms with Crippen LogP contribution < -0.4 is 5.32 Å². The van der Waals surface area contributed by atoms with Crippen LogP contribution >= 0.6 is 15.9 Å². The molecule has 104 valence electrons. The first kappa shape index (κ1) is 14.5. The minimum atomic E-state index is -0.318. The van der Waals surface area contributed by atoms with E-state index in [2.05, 4.69) is 48.9 Å². The van der Waals surface area contributed by atoms with E-state index in [4.69, 9.17) is 4.42 Å². The van der Waals surface area contributed by atoms with Gasteiger partial charge in [0.25, 0.3) is 0 Å². The Labute approximate surface area is 121 Å². The molecule has 0 aliphatic carbocycles. The highest BCUT2D eigenvalue weighted by Crippen LogP contribution is 2.31. The molecule has 4 heteroatoms. The van der Waals surface area contributed by atoms with Gasteiger partial charge in [-0.05, 0) is 39.3 Å². The van der Waals surface area contributed by atoms with Crippen molar-refractivity contribution in [3.8, 4) is 0 Å². The second kappa shape index (κ2) is 5.25. The van der Waals surface area contributed by atoms with Crippen molar-refractivity contribution in [3.63, 3.8) is 0 Å². The van der Waals surface area contributed by atoms with Gasteiger partial charge in [-0.2, -0.15) is 0 Å². The summed E-state index contributed by atoms with van der Waals surface area (Å²) in [4.78, 5) is 0. The Balaban J connectivity index is 2.47. The summed E-state index contributed by atoms with van der Waals surface area (Å²) in [5.41, 5.74) is 1.43. The Hall–Kier alpha value is -0.870. The number of hydrogen-bond donors (Lipinski definition) is 1. The smallest absolute Gasteiger partial charge is 0.170 e. The maximum atomic E-state index is 13.9. The molecule has 0 aliphatic heterocycles. The average Bonchev–Trinajstić information content (AvgIpc) is 2.63. The van der Waals surface area contributed by atoms with Gasteiger partial charge < -0.3 is 9.73 Å². The molecule has 2 rings (SSSR count). The fourth-order valence-electron chi connectivity index (χ4n) is 2.10. The molecule has 2 nitrogen and oxygen atoms in total. The van der Waals surface area contributed by atoms with Crippen molar-refractivity contribution in [2.75, 3.05) is 0 Å². The zero-order chi connectivity index (χ0) is 14.2. The summed E-state index contributed by atoms with van der Waals surface area (Å²) in [5.74, 6) is 0.505. The van der Waals surface area contributed by atoms with Crippen LogP contribution in [-0.2, 0) is 13.0 Å². The van der Waals surface area contributed by atoms with Crippen LogP contribution in [0.3, 0.4) is 0 Å². The highest BCUT2D eigenvalue weighted by Gasteiger charge is 2.18. The highest BCUT2D eigenvalue weighted by atomic mass is 79.9. The standard InChI is InChI=1S/C15H19BrFNO/c1-5-10-11-6-9(16)7-12(17)14(11)19-13(10)8-18-15(2,3)4/h6-7,18H,5,8H2,1-4H3. The van der Waals surface area contributed by atoms with Crippen LogP contribution in [0.5, 0.6) is 0 Å². The lowest BCUT2D eigenvalue weighted by atomic mass is 10.1. The maximum Gasteiger partial charge on any atom is 0.170 e. The predicted octanol–water partition coefficient (Wildman–Crippen LogP) is 4.78. The van der Waals surface area contributed by atoms with Gasteiger partial charge in [-0.1, -0.05) is 22.9 Å². The van der Waals surface area contributed by atoms with Crippen LogP contribution in [0, 0.1) is 5.82 Å². The zero-order valence-corrected chi connectivity index (χ0v) is 13.3. The van der Waals surface area contributed by atoms with Crippen molar-refractivity contribution >= 4 is 26.9 Å². The summed E-state index contributed by atoms with van der Waals surface area (Å²) in [7, 11) is 0. The first-order valence-electron chi connectivity index (χ1n) is 6.46. The molecule has 1 heterocycles. The SMILES string of the molecule is CCc1c(CNC(C)(C)C)oc2c(F)cc(Br)cc12. The molecule has 0 saturated carbocycles. The molecule has 0 atom stereocenters. The van der Waals surface area contributed by atoms with Crippen molar-refractivity contribution in [1.29, 1.82) is 0 Å². The van der Waals surface area contributed by atoms with Crippen molar-refractivity contribution < 1.29 is 8.81 Å². The average molecular weight is 328 g/mol. The van der Waals surface area contributed by atoms with E-state index < -0.39 is 0 Å². The van der Waals surface area contributed by atoms with E-state index in [0.717, 1.165) is 27.6 Å². The van der Waals surface area contributed by atoms with Crippen LogP contribution in [0.4, 0.5) is 4.39 Å². The first-order valence-corrected chi connectivity index (χ1v) is 7.25. The summed E-state index contributed by atoms with van der Waals surface area (Å²) in [5, 5.41) is 4.24. The van der Waals surface area contributed by atoms with E-state index in [1.807, 2.05) is 6.07 Å². The summed E-state index contributed by atoms with van der Waals surface area (Å²) in [6.07, 6.45) is 0.823. The van der Waals surface area contributed by atoms with Crippen molar-refractivity contribution in [1.82, 2.24) is 5.32 Å². The number of aryl methyl sites for hydroxylation is 1. The van der Waals surface area contributed by atoms with Crippen molar-refractivity contribution in [2.45, 2.75) is 46.2 Å². The maximum absolute atomic E-state index is 13.9. The molecule has 0 saturated heterocycles. The number of nitrogens with one attached hydrogen (secondary N) is 1. The molecular formula is C15H19BrFNO.